The predicted octanol–water partition coefficient (Wildman–Crippen LogP) is 1.69. The summed E-state index contributed by atoms with van der Waals surface area (Å²) in [5, 5.41) is 30.2. The van der Waals surface area contributed by atoms with Gasteiger partial charge in [-0.05, 0) is 25.8 Å². The van der Waals surface area contributed by atoms with E-state index in [1.165, 1.54) is 11.8 Å². The number of rotatable bonds is 4. The highest BCUT2D eigenvalue weighted by Gasteiger charge is 2.62. The predicted molar refractivity (Wildman–Crippen MR) is 82.0 cm³/mol. The van der Waals surface area contributed by atoms with Gasteiger partial charge in [0.05, 0.1) is 18.1 Å². The van der Waals surface area contributed by atoms with Gasteiger partial charge in [0.1, 0.15) is 5.56 Å². The van der Waals surface area contributed by atoms with Crippen LogP contribution in [-0.4, -0.2) is 51.5 Å². The van der Waals surface area contributed by atoms with E-state index in [1.54, 1.807) is 0 Å². The fourth-order valence-corrected chi connectivity index (χ4v) is 3.82. The van der Waals surface area contributed by atoms with Gasteiger partial charge in [0.15, 0.2) is 5.67 Å². The average molecular weight is 339 g/mol. The van der Waals surface area contributed by atoms with E-state index in [0.29, 0.717) is 18.5 Å². The summed E-state index contributed by atoms with van der Waals surface area (Å²) in [7, 11) is 0. The fraction of sp³-hybridized carbons (Fsp3) is 0.600. The molecule has 0 amide bonds. The van der Waals surface area contributed by atoms with Crippen molar-refractivity contribution in [2.45, 2.75) is 31.9 Å². The van der Waals surface area contributed by atoms with Crippen molar-refractivity contribution in [1.82, 2.24) is 4.98 Å². The van der Waals surface area contributed by atoms with Gasteiger partial charge in [-0.25, -0.2) is 14.2 Å². The SMILES string of the molecule is Cc1cc(C(=O)O)c([N+](=O)[O-])c(N2CC(F)(CO)C3(CCC3)C2)n1. The number of nitrogens with zero attached hydrogens (tertiary/aromatic N) is 3. The lowest BCUT2D eigenvalue weighted by atomic mass is 9.61. The Bertz CT molecular complexity index is 710. The van der Waals surface area contributed by atoms with E-state index < -0.39 is 39.8 Å². The number of carbonyl (C=O) groups is 1. The molecule has 1 saturated carbocycles. The minimum Gasteiger partial charge on any atom is -0.477 e. The van der Waals surface area contributed by atoms with Gasteiger partial charge >= 0.3 is 11.7 Å². The molecule has 8 nitrogen and oxygen atoms in total. The minimum atomic E-state index is -1.87. The van der Waals surface area contributed by atoms with Crippen LogP contribution in [0.1, 0.15) is 35.3 Å². The lowest BCUT2D eigenvalue weighted by Crippen LogP contribution is -2.50. The van der Waals surface area contributed by atoms with Crippen molar-refractivity contribution >= 4 is 17.5 Å². The number of anilines is 1. The van der Waals surface area contributed by atoms with Gasteiger partial charge in [-0.3, -0.25) is 10.1 Å². The number of halogens is 1. The van der Waals surface area contributed by atoms with Crippen LogP contribution in [0.15, 0.2) is 6.07 Å². The first-order chi connectivity index (χ1) is 11.2. The number of nitro groups is 1. The van der Waals surface area contributed by atoms with Gasteiger partial charge in [0.25, 0.3) is 0 Å². The van der Waals surface area contributed by atoms with Gasteiger partial charge in [-0.2, -0.15) is 0 Å². The smallest absolute Gasteiger partial charge is 0.342 e. The molecule has 130 valence electrons. The third kappa shape index (κ3) is 2.22. The highest BCUT2D eigenvalue weighted by Crippen LogP contribution is 2.56. The Morgan fingerprint density at radius 1 is 1.50 bits per heavy atom. The van der Waals surface area contributed by atoms with Crippen LogP contribution in [0.2, 0.25) is 0 Å². The summed E-state index contributed by atoms with van der Waals surface area (Å²) in [6.45, 7) is 0.804. The summed E-state index contributed by atoms with van der Waals surface area (Å²) in [6, 6.07) is 1.13. The molecule has 1 spiro atoms. The van der Waals surface area contributed by atoms with Crippen LogP contribution >= 0.6 is 0 Å². The van der Waals surface area contributed by atoms with E-state index >= 15 is 4.39 Å². The van der Waals surface area contributed by atoms with E-state index in [4.69, 9.17) is 0 Å². The summed E-state index contributed by atoms with van der Waals surface area (Å²) in [5.74, 6) is -1.57. The van der Waals surface area contributed by atoms with Crippen LogP contribution < -0.4 is 4.90 Å². The van der Waals surface area contributed by atoms with Crippen LogP contribution in [0.3, 0.4) is 0 Å². The van der Waals surface area contributed by atoms with E-state index in [2.05, 4.69) is 4.98 Å². The zero-order valence-electron chi connectivity index (χ0n) is 13.2. The minimum absolute atomic E-state index is 0.142. The van der Waals surface area contributed by atoms with E-state index in [-0.39, 0.29) is 18.9 Å². The third-order valence-electron chi connectivity index (χ3n) is 5.26. The van der Waals surface area contributed by atoms with Gasteiger partial charge in [0.2, 0.25) is 5.82 Å². The largest absolute Gasteiger partial charge is 0.477 e. The Morgan fingerprint density at radius 2 is 2.17 bits per heavy atom. The fourth-order valence-electron chi connectivity index (χ4n) is 3.82. The molecule has 0 radical (unpaired) electrons. The van der Waals surface area contributed by atoms with Crippen molar-refractivity contribution in [2.75, 3.05) is 24.6 Å². The number of hydrogen-bond acceptors (Lipinski definition) is 6. The first-order valence-corrected chi connectivity index (χ1v) is 7.67. The zero-order valence-corrected chi connectivity index (χ0v) is 13.2. The number of aliphatic hydroxyl groups is 1. The maximum atomic E-state index is 15.2. The van der Waals surface area contributed by atoms with Crippen molar-refractivity contribution in [2.24, 2.45) is 5.41 Å². The molecule has 1 atom stereocenters. The molecule has 1 aliphatic heterocycles. The lowest BCUT2D eigenvalue weighted by Gasteiger charge is -2.45. The van der Waals surface area contributed by atoms with E-state index in [9.17, 15) is 25.1 Å². The quantitative estimate of drug-likeness (QED) is 0.633. The molecule has 0 aromatic carbocycles. The Kier molecular flexibility index (Phi) is 3.71. The first kappa shape index (κ1) is 16.6. The average Bonchev–Trinajstić information content (AvgIpc) is 2.80. The summed E-state index contributed by atoms with van der Waals surface area (Å²) < 4.78 is 15.2. The maximum Gasteiger partial charge on any atom is 0.342 e. The first-order valence-electron chi connectivity index (χ1n) is 7.67. The molecule has 24 heavy (non-hydrogen) atoms. The Hall–Kier alpha value is -2.29. The molecular formula is C15H18FN3O5. The topological polar surface area (TPSA) is 117 Å². The summed E-state index contributed by atoms with van der Waals surface area (Å²) in [5.41, 5.74) is -3.41. The van der Waals surface area contributed by atoms with Crippen molar-refractivity contribution in [3.8, 4) is 0 Å². The Balaban J connectivity index is 2.10. The Labute approximate surface area is 137 Å². The number of hydrogen-bond donors (Lipinski definition) is 2. The second kappa shape index (κ2) is 5.37. The van der Waals surface area contributed by atoms with Crippen molar-refractivity contribution in [3.63, 3.8) is 0 Å². The van der Waals surface area contributed by atoms with Crippen molar-refractivity contribution in [1.29, 1.82) is 0 Å². The van der Waals surface area contributed by atoms with Gasteiger partial charge in [-0.15, -0.1) is 0 Å². The number of carboxylic acids is 1. The number of aryl methyl sites for hydroxylation is 1. The zero-order chi connectivity index (χ0) is 17.7. The van der Waals surface area contributed by atoms with Gasteiger partial charge in [-0.1, -0.05) is 6.42 Å². The monoisotopic (exact) mass is 339 g/mol. The maximum absolute atomic E-state index is 15.2. The van der Waals surface area contributed by atoms with Crippen LogP contribution in [0, 0.1) is 22.5 Å². The highest BCUT2D eigenvalue weighted by molar-refractivity contribution is 5.95. The molecular weight excluding hydrogens is 321 g/mol. The number of pyridine rings is 1. The lowest BCUT2D eigenvalue weighted by molar-refractivity contribution is -0.384. The molecule has 1 aromatic heterocycles. The normalized spacial score (nSPS) is 24.9. The van der Waals surface area contributed by atoms with Crippen molar-refractivity contribution < 1.29 is 24.3 Å². The van der Waals surface area contributed by atoms with Crippen molar-refractivity contribution in [3.05, 3.63) is 27.4 Å². The van der Waals surface area contributed by atoms with E-state index in [0.717, 1.165) is 12.5 Å². The summed E-state index contributed by atoms with van der Waals surface area (Å²) >= 11 is 0. The summed E-state index contributed by atoms with van der Waals surface area (Å²) in [6.07, 6.45) is 2.02. The van der Waals surface area contributed by atoms with Crippen LogP contribution in [-0.2, 0) is 0 Å². The second-order valence-electron chi connectivity index (χ2n) is 6.66. The number of carboxylic acid groups (broad SMARTS) is 1. The molecule has 1 unspecified atom stereocenters. The van der Waals surface area contributed by atoms with Crippen LogP contribution in [0.25, 0.3) is 0 Å². The second-order valence-corrected chi connectivity index (χ2v) is 6.66. The molecule has 1 aromatic rings. The number of aromatic carboxylic acids is 1. The van der Waals surface area contributed by atoms with E-state index in [1.807, 2.05) is 0 Å². The molecule has 2 N–H and O–H groups in total. The standard InChI is InChI=1S/C15H18FN3O5/c1-9-5-10(13(21)22)11(19(23)24)12(17-9)18-6-14(3-2-4-14)15(16,7-18)8-20/h5,20H,2-4,6-8H2,1H3,(H,21,22). The molecule has 3 rings (SSSR count). The van der Waals surface area contributed by atoms with Crippen LogP contribution in [0.5, 0.6) is 0 Å². The highest BCUT2D eigenvalue weighted by atomic mass is 19.1. The molecule has 0 bridgehead atoms. The van der Waals surface area contributed by atoms with Crippen LogP contribution in [0.4, 0.5) is 15.9 Å². The molecule has 2 aliphatic rings. The molecule has 9 heteroatoms. The number of alkyl halides is 1. The summed E-state index contributed by atoms with van der Waals surface area (Å²) in [4.78, 5) is 27.5. The number of aliphatic hydroxyl groups excluding tert-OH is 1. The molecule has 1 aliphatic carbocycles. The Morgan fingerprint density at radius 3 is 2.58 bits per heavy atom. The third-order valence-corrected chi connectivity index (χ3v) is 5.26. The molecule has 2 fully saturated rings. The van der Waals surface area contributed by atoms with Gasteiger partial charge in [0, 0.05) is 17.7 Å². The number of aromatic nitrogens is 1. The molecule has 1 saturated heterocycles. The van der Waals surface area contributed by atoms with Gasteiger partial charge < -0.3 is 15.1 Å². The molecule has 2 heterocycles.